The van der Waals surface area contributed by atoms with Crippen molar-refractivity contribution in [1.29, 1.82) is 0 Å². The van der Waals surface area contributed by atoms with Crippen molar-refractivity contribution in [2.24, 2.45) is 11.7 Å². The van der Waals surface area contributed by atoms with Gasteiger partial charge in [0.05, 0.1) is 6.04 Å². The molecule has 0 aromatic heterocycles. The van der Waals surface area contributed by atoms with Gasteiger partial charge < -0.3 is 5.73 Å². The lowest BCUT2D eigenvalue weighted by Crippen LogP contribution is -2.35. The number of benzene rings is 1. The van der Waals surface area contributed by atoms with E-state index in [0.29, 0.717) is 6.42 Å². The molecule has 2 heteroatoms. The summed E-state index contributed by atoms with van der Waals surface area (Å²) in [5, 5.41) is 0. The van der Waals surface area contributed by atoms with Crippen molar-refractivity contribution in [3.05, 3.63) is 35.4 Å². The first kappa shape index (κ1) is 11.9. The van der Waals surface area contributed by atoms with Crippen molar-refractivity contribution in [3.63, 3.8) is 0 Å². The number of aryl methyl sites for hydroxylation is 1. The highest BCUT2D eigenvalue weighted by molar-refractivity contribution is 5.85. The molecule has 0 saturated heterocycles. The Morgan fingerprint density at radius 2 is 1.80 bits per heavy atom. The quantitative estimate of drug-likeness (QED) is 0.818. The molecule has 15 heavy (non-hydrogen) atoms. The summed E-state index contributed by atoms with van der Waals surface area (Å²) in [6.07, 6.45) is 0.636. The van der Waals surface area contributed by atoms with Gasteiger partial charge in [-0.1, -0.05) is 43.7 Å². The molecule has 1 unspecified atom stereocenters. The highest BCUT2D eigenvalue weighted by Crippen LogP contribution is 2.08. The molecule has 0 spiro atoms. The Kier molecular flexibility index (Phi) is 4.04. The normalized spacial score (nSPS) is 12.9. The molecule has 0 bridgehead atoms. The zero-order valence-electron chi connectivity index (χ0n) is 9.66. The zero-order chi connectivity index (χ0) is 11.4. The standard InChI is InChI=1S/C13H19NO/c1-9(2)13(15)12(14)8-11-6-4-10(3)5-7-11/h4-7,9,12H,8,14H2,1-3H3. The molecular formula is C13H19NO. The van der Waals surface area contributed by atoms with Crippen molar-refractivity contribution in [3.8, 4) is 0 Å². The lowest BCUT2D eigenvalue weighted by molar-refractivity contribution is -0.123. The van der Waals surface area contributed by atoms with Gasteiger partial charge in [0.1, 0.15) is 0 Å². The van der Waals surface area contributed by atoms with E-state index in [4.69, 9.17) is 5.73 Å². The molecule has 0 aliphatic rings. The molecular weight excluding hydrogens is 186 g/mol. The van der Waals surface area contributed by atoms with Gasteiger partial charge in [-0.3, -0.25) is 4.79 Å². The van der Waals surface area contributed by atoms with Gasteiger partial charge in [-0.2, -0.15) is 0 Å². The Bertz CT molecular complexity index is 327. The first-order valence-electron chi connectivity index (χ1n) is 5.35. The highest BCUT2D eigenvalue weighted by atomic mass is 16.1. The van der Waals surface area contributed by atoms with Crippen LogP contribution in [0.5, 0.6) is 0 Å². The summed E-state index contributed by atoms with van der Waals surface area (Å²) in [5.74, 6) is 0.154. The van der Waals surface area contributed by atoms with Gasteiger partial charge in [0.2, 0.25) is 0 Å². The summed E-state index contributed by atoms with van der Waals surface area (Å²) >= 11 is 0. The molecule has 0 heterocycles. The number of carbonyl (C=O) groups is 1. The van der Waals surface area contributed by atoms with E-state index in [2.05, 4.69) is 0 Å². The average molecular weight is 205 g/mol. The van der Waals surface area contributed by atoms with Crippen LogP contribution in [-0.2, 0) is 11.2 Å². The fourth-order valence-corrected chi connectivity index (χ4v) is 1.51. The Morgan fingerprint density at radius 3 is 2.27 bits per heavy atom. The molecule has 1 atom stereocenters. The molecule has 0 radical (unpaired) electrons. The maximum atomic E-state index is 11.6. The molecule has 1 aromatic rings. The molecule has 0 fully saturated rings. The van der Waals surface area contributed by atoms with E-state index in [9.17, 15) is 4.79 Å². The van der Waals surface area contributed by atoms with Crippen LogP contribution in [0.2, 0.25) is 0 Å². The largest absolute Gasteiger partial charge is 0.321 e. The second-order valence-corrected chi connectivity index (χ2v) is 4.35. The number of rotatable bonds is 4. The second kappa shape index (κ2) is 5.08. The molecule has 1 aromatic carbocycles. The van der Waals surface area contributed by atoms with Crippen LogP contribution in [0.25, 0.3) is 0 Å². The third-order valence-electron chi connectivity index (χ3n) is 2.51. The molecule has 0 saturated carbocycles. The number of ketones is 1. The van der Waals surface area contributed by atoms with Gasteiger partial charge in [0, 0.05) is 5.92 Å². The minimum Gasteiger partial charge on any atom is -0.321 e. The molecule has 0 amide bonds. The van der Waals surface area contributed by atoms with Crippen LogP contribution >= 0.6 is 0 Å². The maximum Gasteiger partial charge on any atom is 0.152 e. The van der Waals surface area contributed by atoms with E-state index in [1.165, 1.54) is 5.56 Å². The Hall–Kier alpha value is -1.15. The lowest BCUT2D eigenvalue weighted by Gasteiger charge is -2.13. The topological polar surface area (TPSA) is 43.1 Å². The van der Waals surface area contributed by atoms with Crippen molar-refractivity contribution in [2.45, 2.75) is 33.2 Å². The van der Waals surface area contributed by atoms with Crippen LogP contribution in [-0.4, -0.2) is 11.8 Å². The third-order valence-corrected chi connectivity index (χ3v) is 2.51. The number of hydrogen-bond acceptors (Lipinski definition) is 2. The van der Waals surface area contributed by atoms with Crippen LogP contribution in [0, 0.1) is 12.8 Å². The van der Waals surface area contributed by atoms with Crippen molar-refractivity contribution in [1.82, 2.24) is 0 Å². The van der Waals surface area contributed by atoms with Crippen molar-refractivity contribution < 1.29 is 4.79 Å². The number of carbonyl (C=O) groups excluding carboxylic acids is 1. The summed E-state index contributed by atoms with van der Waals surface area (Å²) in [7, 11) is 0. The number of hydrogen-bond donors (Lipinski definition) is 1. The fourth-order valence-electron chi connectivity index (χ4n) is 1.51. The predicted molar refractivity (Wildman–Crippen MR) is 62.7 cm³/mol. The smallest absolute Gasteiger partial charge is 0.152 e. The van der Waals surface area contributed by atoms with Gasteiger partial charge >= 0.3 is 0 Å². The van der Waals surface area contributed by atoms with Crippen LogP contribution in [0.3, 0.4) is 0 Å². The SMILES string of the molecule is Cc1ccc(CC(N)C(=O)C(C)C)cc1. The van der Waals surface area contributed by atoms with Gasteiger partial charge in [-0.25, -0.2) is 0 Å². The molecule has 0 aliphatic carbocycles. The summed E-state index contributed by atoms with van der Waals surface area (Å²) in [6, 6.07) is 7.78. The first-order valence-corrected chi connectivity index (χ1v) is 5.35. The van der Waals surface area contributed by atoms with E-state index in [0.717, 1.165) is 5.56 Å². The molecule has 82 valence electrons. The highest BCUT2D eigenvalue weighted by Gasteiger charge is 2.16. The Labute approximate surface area is 91.5 Å². The lowest BCUT2D eigenvalue weighted by atomic mass is 9.96. The monoisotopic (exact) mass is 205 g/mol. The Morgan fingerprint density at radius 1 is 1.27 bits per heavy atom. The third kappa shape index (κ3) is 3.48. The average Bonchev–Trinajstić information content (AvgIpc) is 2.20. The number of nitrogens with two attached hydrogens (primary N) is 1. The summed E-state index contributed by atoms with van der Waals surface area (Å²) in [5.41, 5.74) is 8.19. The van der Waals surface area contributed by atoms with E-state index in [1.807, 2.05) is 45.0 Å². The molecule has 2 N–H and O–H groups in total. The summed E-state index contributed by atoms with van der Waals surface area (Å²) < 4.78 is 0. The fraction of sp³-hybridized carbons (Fsp3) is 0.462. The van der Waals surface area contributed by atoms with E-state index >= 15 is 0 Å². The molecule has 0 aliphatic heterocycles. The second-order valence-electron chi connectivity index (χ2n) is 4.35. The van der Waals surface area contributed by atoms with E-state index in [1.54, 1.807) is 0 Å². The van der Waals surface area contributed by atoms with E-state index < -0.39 is 0 Å². The van der Waals surface area contributed by atoms with E-state index in [-0.39, 0.29) is 17.7 Å². The van der Waals surface area contributed by atoms with Crippen LogP contribution in [0.1, 0.15) is 25.0 Å². The minimum absolute atomic E-state index is 0.0189. The predicted octanol–water partition coefficient (Wildman–Crippen LogP) is 2.09. The molecule has 1 rings (SSSR count). The Balaban J connectivity index is 2.62. The first-order chi connectivity index (χ1) is 7.00. The molecule has 2 nitrogen and oxygen atoms in total. The van der Waals surface area contributed by atoms with Gasteiger partial charge in [0.25, 0.3) is 0 Å². The van der Waals surface area contributed by atoms with Gasteiger partial charge in [-0.05, 0) is 18.9 Å². The van der Waals surface area contributed by atoms with Gasteiger partial charge in [0.15, 0.2) is 5.78 Å². The maximum absolute atomic E-state index is 11.6. The van der Waals surface area contributed by atoms with Crippen LogP contribution in [0.4, 0.5) is 0 Å². The number of Topliss-reactive ketones (excluding diaryl/α,β-unsaturated/α-hetero) is 1. The van der Waals surface area contributed by atoms with Crippen molar-refractivity contribution in [2.75, 3.05) is 0 Å². The van der Waals surface area contributed by atoms with Crippen LogP contribution < -0.4 is 5.73 Å². The zero-order valence-corrected chi connectivity index (χ0v) is 9.66. The summed E-state index contributed by atoms with van der Waals surface area (Å²) in [6.45, 7) is 5.82. The van der Waals surface area contributed by atoms with Crippen LogP contribution in [0.15, 0.2) is 24.3 Å². The van der Waals surface area contributed by atoms with Crippen molar-refractivity contribution >= 4 is 5.78 Å². The minimum atomic E-state index is -0.368. The van der Waals surface area contributed by atoms with Gasteiger partial charge in [-0.15, -0.1) is 0 Å². The summed E-state index contributed by atoms with van der Waals surface area (Å²) in [4.78, 5) is 11.6.